The van der Waals surface area contributed by atoms with Gasteiger partial charge in [0.25, 0.3) is 0 Å². The lowest BCUT2D eigenvalue weighted by atomic mass is 10.1. The molecule has 0 aliphatic carbocycles. The quantitative estimate of drug-likeness (QED) is 0.295. The standard InChI is InChI=1S/C20H11ClO4/c21-13-7-5-12(6-8-13)20(23)24-14-9-10-18-16(11-14)19(22)15-3-1-2-4-17(15)25-18/h1-11H. The molecule has 4 aromatic rings. The molecule has 0 saturated carbocycles. The Kier molecular flexibility index (Phi) is 3.75. The van der Waals surface area contributed by atoms with Gasteiger partial charge in [0.1, 0.15) is 16.9 Å². The summed E-state index contributed by atoms with van der Waals surface area (Å²) in [5, 5.41) is 1.38. The highest BCUT2D eigenvalue weighted by Crippen LogP contribution is 2.23. The number of ether oxygens (including phenoxy) is 1. The minimum atomic E-state index is -0.527. The summed E-state index contributed by atoms with van der Waals surface area (Å²) in [7, 11) is 0. The van der Waals surface area contributed by atoms with Crippen LogP contribution in [0.2, 0.25) is 5.02 Å². The molecule has 122 valence electrons. The fourth-order valence-corrected chi connectivity index (χ4v) is 2.72. The van der Waals surface area contributed by atoms with Gasteiger partial charge >= 0.3 is 5.97 Å². The van der Waals surface area contributed by atoms with Gasteiger partial charge in [-0.05, 0) is 54.6 Å². The van der Waals surface area contributed by atoms with Crippen molar-refractivity contribution in [2.45, 2.75) is 0 Å². The Morgan fingerprint density at radius 1 is 0.880 bits per heavy atom. The van der Waals surface area contributed by atoms with Crippen molar-refractivity contribution in [3.05, 3.63) is 87.5 Å². The highest BCUT2D eigenvalue weighted by molar-refractivity contribution is 6.30. The number of hydrogen-bond acceptors (Lipinski definition) is 4. The highest BCUT2D eigenvalue weighted by atomic mass is 35.5. The molecule has 5 heteroatoms. The van der Waals surface area contributed by atoms with Crippen molar-refractivity contribution in [1.82, 2.24) is 0 Å². The van der Waals surface area contributed by atoms with Gasteiger partial charge in [-0.2, -0.15) is 0 Å². The van der Waals surface area contributed by atoms with Gasteiger partial charge in [0.2, 0.25) is 5.43 Å². The number of rotatable bonds is 2. The van der Waals surface area contributed by atoms with Crippen molar-refractivity contribution in [3.63, 3.8) is 0 Å². The van der Waals surface area contributed by atoms with Gasteiger partial charge in [-0.25, -0.2) is 4.79 Å². The first-order valence-corrected chi connectivity index (χ1v) is 7.93. The van der Waals surface area contributed by atoms with E-state index in [1.807, 2.05) is 0 Å². The average Bonchev–Trinajstić information content (AvgIpc) is 2.63. The molecule has 0 unspecified atom stereocenters. The zero-order valence-electron chi connectivity index (χ0n) is 12.9. The zero-order valence-corrected chi connectivity index (χ0v) is 13.6. The summed E-state index contributed by atoms with van der Waals surface area (Å²) in [4.78, 5) is 24.8. The van der Waals surface area contributed by atoms with E-state index in [1.165, 1.54) is 6.07 Å². The third kappa shape index (κ3) is 2.88. The Morgan fingerprint density at radius 2 is 1.60 bits per heavy atom. The molecule has 25 heavy (non-hydrogen) atoms. The Balaban J connectivity index is 1.74. The second-order valence-electron chi connectivity index (χ2n) is 5.48. The summed E-state index contributed by atoms with van der Waals surface area (Å²) in [5.74, 6) is -0.253. The van der Waals surface area contributed by atoms with Crippen molar-refractivity contribution >= 4 is 39.5 Å². The van der Waals surface area contributed by atoms with E-state index >= 15 is 0 Å². The fourth-order valence-electron chi connectivity index (χ4n) is 2.60. The summed E-state index contributed by atoms with van der Waals surface area (Å²) < 4.78 is 11.1. The summed E-state index contributed by atoms with van der Waals surface area (Å²) in [5.41, 5.74) is 1.16. The van der Waals surface area contributed by atoms with Gasteiger partial charge in [-0.3, -0.25) is 4.79 Å². The third-order valence-electron chi connectivity index (χ3n) is 3.84. The van der Waals surface area contributed by atoms with E-state index in [2.05, 4.69) is 0 Å². The van der Waals surface area contributed by atoms with Crippen molar-refractivity contribution < 1.29 is 13.9 Å². The first-order valence-electron chi connectivity index (χ1n) is 7.55. The Morgan fingerprint density at radius 3 is 2.40 bits per heavy atom. The molecule has 0 fully saturated rings. The number of hydrogen-bond donors (Lipinski definition) is 0. The highest BCUT2D eigenvalue weighted by Gasteiger charge is 2.12. The Bertz CT molecular complexity index is 1160. The molecule has 4 nitrogen and oxygen atoms in total. The van der Waals surface area contributed by atoms with E-state index in [4.69, 9.17) is 20.8 Å². The minimum absolute atomic E-state index is 0.166. The minimum Gasteiger partial charge on any atom is -0.456 e. The number of esters is 1. The summed E-state index contributed by atoms with van der Waals surface area (Å²) in [6.45, 7) is 0. The summed E-state index contributed by atoms with van der Waals surface area (Å²) in [6, 6.07) is 18.1. The molecule has 0 aliphatic rings. The predicted molar refractivity (Wildman–Crippen MR) is 96.4 cm³/mol. The van der Waals surface area contributed by atoms with Crippen molar-refractivity contribution in [3.8, 4) is 5.75 Å². The first-order chi connectivity index (χ1) is 12.1. The van der Waals surface area contributed by atoms with Crippen LogP contribution in [-0.2, 0) is 0 Å². The molecule has 0 bridgehead atoms. The van der Waals surface area contributed by atoms with E-state index in [9.17, 15) is 9.59 Å². The lowest BCUT2D eigenvalue weighted by Crippen LogP contribution is -2.09. The molecule has 3 aromatic carbocycles. The third-order valence-corrected chi connectivity index (χ3v) is 4.09. The van der Waals surface area contributed by atoms with E-state index < -0.39 is 5.97 Å². The average molecular weight is 351 g/mol. The second-order valence-corrected chi connectivity index (χ2v) is 5.92. The lowest BCUT2D eigenvalue weighted by Gasteiger charge is -2.06. The second kappa shape index (κ2) is 6.07. The van der Waals surface area contributed by atoms with Crippen LogP contribution in [0.3, 0.4) is 0 Å². The molecule has 0 radical (unpaired) electrons. The van der Waals surface area contributed by atoms with Crippen LogP contribution >= 0.6 is 11.6 Å². The monoisotopic (exact) mass is 350 g/mol. The van der Waals surface area contributed by atoms with Crippen LogP contribution in [-0.4, -0.2) is 5.97 Å². The van der Waals surface area contributed by atoms with Gasteiger partial charge in [0.05, 0.1) is 16.3 Å². The number of fused-ring (bicyclic) bond motifs is 2. The number of halogens is 1. The van der Waals surface area contributed by atoms with Crippen LogP contribution in [0.4, 0.5) is 0 Å². The number of benzene rings is 3. The molecule has 1 heterocycles. The van der Waals surface area contributed by atoms with Crippen molar-refractivity contribution in [1.29, 1.82) is 0 Å². The Labute approximate surface area is 147 Å². The number of carbonyl (C=O) groups is 1. The van der Waals surface area contributed by atoms with E-state index in [-0.39, 0.29) is 11.2 Å². The molecular weight excluding hydrogens is 340 g/mol. The predicted octanol–water partition coefficient (Wildman–Crippen LogP) is 4.82. The molecule has 0 spiro atoms. The van der Waals surface area contributed by atoms with E-state index in [1.54, 1.807) is 60.7 Å². The lowest BCUT2D eigenvalue weighted by molar-refractivity contribution is 0.0735. The van der Waals surface area contributed by atoms with E-state index in [0.29, 0.717) is 32.5 Å². The molecule has 0 N–H and O–H groups in total. The topological polar surface area (TPSA) is 56.5 Å². The number of para-hydroxylation sites is 1. The summed E-state index contributed by atoms with van der Waals surface area (Å²) in [6.07, 6.45) is 0. The van der Waals surface area contributed by atoms with Crippen LogP contribution in [0.5, 0.6) is 5.75 Å². The van der Waals surface area contributed by atoms with Crippen molar-refractivity contribution in [2.75, 3.05) is 0 Å². The maximum absolute atomic E-state index is 12.6. The normalized spacial score (nSPS) is 10.9. The van der Waals surface area contributed by atoms with Crippen LogP contribution in [0.15, 0.2) is 75.9 Å². The molecule has 1 aromatic heterocycles. The summed E-state index contributed by atoms with van der Waals surface area (Å²) >= 11 is 5.81. The maximum atomic E-state index is 12.6. The van der Waals surface area contributed by atoms with Crippen LogP contribution in [0, 0.1) is 0 Å². The molecule has 0 amide bonds. The largest absolute Gasteiger partial charge is 0.456 e. The van der Waals surface area contributed by atoms with E-state index in [0.717, 1.165) is 0 Å². The molecular formula is C20H11ClO4. The van der Waals surface area contributed by atoms with Gasteiger partial charge in [-0.15, -0.1) is 0 Å². The van der Waals surface area contributed by atoms with Crippen molar-refractivity contribution in [2.24, 2.45) is 0 Å². The van der Waals surface area contributed by atoms with Crippen LogP contribution in [0.25, 0.3) is 21.9 Å². The first kappa shape index (κ1) is 15.4. The molecule has 0 atom stereocenters. The van der Waals surface area contributed by atoms with Gasteiger partial charge in [-0.1, -0.05) is 23.7 Å². The molecule has 0 saturated heterocycles. The van der Waals surface area contributed by atoms with Gasteiger partial charge < -0.3 is 9.15 Å². The van der Waals surface area contributed by atoms with Crippen LogP contribution in [0.1, 0.15) is 10.4 Å². The SMILES string of the molecule is O=C(Oc1ccc2oc3ccccc3c(=O)c2c1)c1ccc(Cl)cc1. The smallest absolute Gasteiger partial charge is 0.343 e. The fraction of sp³-hybridized carbons (Fsp3) is 0. The van der Waals surface area contributed by atoms with Gasteiger partial charge in [0.15, 0.2) is 0 Å². The number of carbonyl (C=O) groups excluding carboxylic acids is 1. The molecule has 0 aliphatic heterocycles. The zero-order chi connectivity index (χ0) is 17.4. The Hall–Kier alpha value is -3.11. The molecule has 4 rings (SSSR count). The van der Waals surface area contributed by atoms with Gasteiger partial charge in [0, 0.05) is 5.02 Å². The van der Waals surface area contributed by atoms with Crippen LogP contribution < -0.4 is 10.2 Å². The maximum Gasteiger partial charge on any atom is 0.343 e.